The van der Waals surface area contributed by atoms with Gasteiger partial charge in [0.05, 0.1) is 13.7 Å². The van der Waals surface area contributed by atoms with Crippen LogP contribution in [0.5, 0.6) is 11.5 Å². The summed E-state index contributed by atoms with van der Waals surface area (Å²) in [5, 5.41) is 3.06. The molecule has 5 nitrogen and oxygen atoms in total. The number of rotatable bonds is 7. The zero-order valence-electron chi connectivity index (χ0n) is 12.7. The largest absolute Gasteiger partial charge is 0.493 e. The predicted molar refractivity (Wildman–Crippen MR) is 82.4 cm³/mol. The van der Waals surface area contributed by atoms with E-state index in [-0.39, 0.29) is 6.10 Å². The minimum absolute atomic E-state index is 0.0425. The van der Waals surface area contributed by atoms with E-state index < -0.39 is 0 Å². The molecule has 0 saturated carbocycles. The second-order valence-electron chi connectivity index (χ2n) is 5.08. The highest BCUT2D eigenvalue weighted by Crippen LogP contribution is 2.26. The summed E-state index contributed by atoms with van der Waals surface area (Å²) < 4.78 is 11.1. The maximum absolute atomic E-state index is 5.81. The third-order valence-corrected chi connectivity index (χ3v) is 2.59. The Kier molecular flexibility index (Phi) is 6.70. The topological polar surface area (TPSA) is 68.9 Å². The Hall–Kier alpha value is -1.91. The van der Waals surface area contributed by atoms with Gasteiger partial charge in [0, 0.05) is 6.54 Å². The minimum atomic E-state index is -0.0425. The van der Waals surface area contributed by atoms with Crippen LogP contribution in [0.4, 0.5) is 0 Å². The van der Waals surface area contributed by atoms with Crippen molar-refractivity contribution in [2.45, 2.75) is 26.9 Å². The van der Waals surface area contributed by atoms with Crippen LogP contribution >= 0.6 is 0 Å². The summed E-state index contributed by atoms with van der Waals surface area (Å²) in [5.74, 6) is 2.40. The molecule has 0 radical (unpaired) electrons. The van der Waals surface area contributed by atoms with E-state index in [4.69, 9.17) is 15.2 Å². The standard InChI is InChI=1S/C15H25N3O2/c1-11(2)9-17-15(16)18-10-12(3)20-14-8-6-5-7-13(14)19-4/h5-8,11-12H,9-10H2,1-4H3,(H3,16,17,18). The predicted octanol–water partition coefficient (Wildman–Crippen LogP) is 2.02. The first-order valence-corrected chi connectivity index (χ1v) is 6.86. The number of nitrogens with zero attached hydrogens (tertiary/aromatic N) is 1. The van der Waals surface area contributed by atoms with Crippen LogP contribution in [0.25, 0.3) is 0 Å². The molecule has 0 fully saturated rings. The molecule has 0 aliphatic heterocycles. The number of ether oxygens (including phenoxy) is 2. The molecule has 1 aromatic carbocycles. The van der Waals surface area contributed by atoms with E-state index in [9.17, 15) is 0 Å². The molecule has 3 N–H and O–H groups in total. The van der Waals surface area contributed by atoms with Crippen molar-refractivity contribution in [2.24, 2.45) is 16.6 Å². The number of hydrogen-bond acceptors (Lipinski definition) is 3. The molecule has 0 aromatic heterocycles. The first kappa shape index (κ1) is 16.1. The average molecular weight is 279 g/mol. The third-order valence-electron chi connectivity index (χ3n) is 2.59. The number of benzene rings is 1. The molecule has 1 rings (SSSR count). The van der Waals surface area contributed by atoms with Crippen molar-refractivity contribution in [3.8, 4) is 11.5 Å². The fourth-order valence-corrected chi connectivity index (χ4v) is 1.56. The lowest BCUT2D eigenvalue weighted by molar-refractivity contribution is 0.214. The van der Waals surface area contributed by atoms with Crippen molar-refractivity contribution >= 4 is 5.96 Å². The van der Waals surface area contributed by atoms with Gasteiger partial charge in [-0.25, -0.2) is 0 Å². The van der Waals surface area contributed by atoms with Crippen LogP contribution in [0.1, 0.15) is 20.8 Å². The summed E-state index contributed by atoms with van der Waals surface area (Å²) in [6.45, 7) is 7.48. The van der Waals surface area contributed by atoms with Crippen molar-refractivity contribution in [3.05, 3.63) is 24.3 Å². The molecule has 0 aliphatic rings. The van der Waals surface area contributed by atoms with Gasteiger partial charge in [-0.05, 0) is 25.0 Å². The van der Waals surface area contributed by atoms with Gasteiger partial charge in [-0.15, -0.1) is 0 Å². The molecule has 0 saturated heterocycles. The van der Waals surface area contributed by atoms with E-state index >= 15 is 0 Å². The van der Waals surface area contributed by atoms with Crippen molar-refractivity contribution in [2.75, 3.05) is 20.2 Å². The number of nitrogens with one attached hydrogen (secondary N) is 1. The Labute approximate surface area is 121 Å². The maximum Gasteiger partial charge on any atom is 0.188 e. The van der Waals surface area contributed by atoms with Crippen LogP contribution in [-0.4, -0.2) is 32.3 Å². The summed E-state index contributed by atoms with van der Waals surface area (Å²) in [7, 11) is 1.63. The lowest BCUT2D eigenvalue weighted by Gasteiger charge is -2.17. The van der Waals surface area contributed by atoms with E-state index in [1.807, 2.05) is 31.2 Å². The highest BCUT2D eigenvalue weighted by atomic mass is 16.5. The van der Waals surface area contributed by atoms with Gasteiger partial charge in [-0.1, -0.05) is 26.0 Å². The van der Waals surface area contributed by atoms with Gasteiger partial charge in [0.15, 0.2) is 17.5 Å². The quantitative estimate of drug-likeness (QED) is 0.592. The number of nitrogens with two attached hydrogens (primary N) is 1. The summed E-state index contributed by atoms with van der Waals surface area (Å²) in [4.78, 5) is 4.24. The molecule has 112 valence electrons. The van der Waals surface area contributed by atoms with E-state index in [0.717, 1.165) is 18.0 Å². The molecule has 0 spiro atoms. The molecule has 1 atom stereocenters. The van der Waals surface area contributed by atoms with Crippen LogP contribution in [0.3, 0.4) is 0 Å². The SMILES string of the molecule is COc1ccccc1OC(C)CNC(N)=NCC(C)C. The average Bonchev–Trinajstić information content (AvgIpc) is 2.43. The smallest absolute Gasteiger partial charge is 0.188 e. The Balaban J connectivity index is 2.44. The summed E-state index contributed by atoms with van der Waals surface area (Å²) in [6, 6.07) is 7.57. The molecule has 1 aromatic rings. The minimum Gasteiger partial charge on any atom is -0.493 e. The van der Waals surface area contributed by atoms with Crippen molar-refractivity contribution in [3.63, 3.8) is 0 Å². The van der Waals surface area contributed by atoms with Gasteiger partial charge in [0.25, 0.3) is 0 Å². The molecule has 5 heteroatoms. The second kappa shape index (κ2) is 8.30. The normalized spacial score (nSPS) is 13.2. The van der Waals surface area contributed by atoms with Crippen LogP contribution in [0.2, 0.25) is 0 Å². The lowest BCUT2D eigenvalue weighted by Crippen LogP contribution is -2.38. The Morgan fingerprint density at radius 1 is 1.25 bits per heavy atom. The van der Waals surface area contributed by atoms with E-state index in [2.05, 4.69) is 24.2 Å². The molecule has 0 bridgehead atoms. The monoisotopic (exact) mass is 279 g/mol. The van der Waals surface area contributed by atoms with Crippen molar-refractivity contribution in [1.82, 2.24) is 5.32 Å². The summed E-state index contributed by atoms with van der Waals surface area (Å²) in [6.07, 6.45) is -0.0425. The zero-order chi connectivity index (χ0) is 15.0. The van der Waals surface area contributed by atoms with Crippen LogP contribution in [0.15, 0.2) is 29.3 Å². The van der Waals surface area contributed by atoms with Crippen LogP contribution < -0.4 is 20.5 Å². The number of methoxy groups -OCH3 is 1. The Bertz CT molecular complexity index is 433. The second-order valence-corrected chi connectivity index (χ2v) is 5.08. The van der Waals surface area contributed by atoms with Crippen molar-refractivity contribution < 1.29 is 9.47 Å². The van der Waals surface area contributed by atoms with Gasteiger partial charge in [-0.3, -0.25) is 4.99 Å². The van der Waals surface area contributed by atoms with E-state index in [0.29, 0.717) is 18.4 Å². The Morgan fingerprint density at radius 3 is 2.50 bits per heavy atom. The van der Waals surface area contributed by atoms with Crippen LogP contribution in [0, 0.1) is 5.92 Å². The van der Waals surface area contributed by atoms with Crippen molar-refractivity contribution in [1.29, 1.82) is 0 Å². The first-order valence-electron chi connectivity index (χ1n) is 6.86. The first-order chi connectivity index (χ1) is 9.52. The van der Waals surface area contributed by atoms with E-state index in [1.165, 1.54) is 0 Å². The number of aliphatic imine (C=N–C) groups is 1. The molecular formula is C15H25N3O2. The number of hydrogen-bond donors (Lipinski definition) is 2. The molecule has 0 heterocycles. The molecule has 0 amide bonds. The zero-order valence-corrected chi connectivity index (χ0v) is 12.7. The fraction of sp³-hybridized carbons (Fsp3) is 0.533. The van der Waals surface area contributed by atoms with Gasteiger partial charge in [0.1, 0.15) is 6.10 Å². The van der Waals surface area contributed by atoms with Gasteiger partial charge < -0.3 is 20.5 Å². The molecule has 0 aliphatic carbocycles. The summed E-state index contributed by atoms with van der Waals surface area (Å²) >= 11 is 0. The highest BCUT2D eigenvalue weighted by Gasteiger charge is 2.08. The molecule has 1 unspecified atom stereocenters. The lowest BCUT2D eigenvalue weighted by atomic mass is 10.2. The fourth-order valence-electron chi connectivity index (χ4n) is 1.56. The summed E-state index contributed by atoms with van der Waals surface area (Å²) in [5.41, 5.74) is 5.78. The number of para-hydroxylation sites is 2. The van der Waals surface area contributed by atoms with Gasteiger partial charge >= 0.3 is 0 Å². The molecular weight excluding hydrogens is 254 g/mol. The highest BCUT2D eigenvalue weighted by molar-refractivity contribution is 5.77. The number of guanidine groups is 1. The van der Waals surface area contributed by atoms with Crippen LogP contribution in [-0.2, 0) is 0 Å². The van der Waals surface area contributed by atoms with Gasteiger partial charge in [0.2, 0.25) is 0 Å². The van der Waals surface area contributed by atoms with E-state index in [1.54, 1.807) is 7.11 Å². The van der Waals surface area contributed by atoms with Gasteiger partial charge in [-0.2, -0.15) is 0 Å². The Morgan fingerprint density at radius 2 is 1.90 bits per heavy atom. The maximum atomic E-state index is 5.81. The molecule has 20 heavy (non-hydrogen) atoms. The third kappa shape index (κ3) is 5.82.